The van der Waals surface area contributed by atoms with Crippen LogP contribution in [0.4, 0.5) is 5.69 Å². The van der Waals surface area contributed by atoms with Crippen LogP contribution in [-0.2, 0) is 14.3 Å². The molecular formula is C18H25BrN2O4. The van der Waals surface area contributed by atoms with E-state index in [2.05, 4.69) is 26.6 Å². The fourth-order valence-corrected chi connectivity index (χ4v) is 2.11. The quantitative estimate of drug-likeness (QED) is 0.532. The van der Waals surface area contributed by atoms with Gasteiger partial charge in [-0.25, -0.2) is 4.79 Å². The van der Waals surface area contributed by atoms with Crippen molar-refractivity contribution in [2.24, 2.45) is 5.41 Å². The molecule has 0 aliphatic carbocycles. The molecule has 1 aromatic carbocycles. The highest BCUT2D eigenvalue weighted by molar-refractivity contribution is 9.10. The van der Waals surface area contributed by atoms with Crippen LogP contribution < -0.4 is 10.6 Å². The summed E-state index contributed by atoms with van der Waals surface area (Å²) in [4.78, 5) is 35.3. The summed E-state index contributed by atoms with van der Waals surface area (Å²) in [7, 11) is 0. The second kappa shape index (κ2) is 9.56. The van der Waals surface area contributed by atoms with Crippen LogP contribution in [0.5, 0.6) is 0 Å². The number of esters is 1. The SMILES string of the molecule is CCOC(=O)c1cccc(NC(=O)CCNC(=O)[C@@H](Br)C(C)(C)C)c1. The Kier molecular flexibility index (Phi) is 8.09. The van der Waals surface area contributed by atoms with Gasteiger partial charge in [-0.15, -0.1) is 0 Å². The molecule has 0 radical (unpaired) electrons. The van der Waals surface area contributed by atoms with E-state index >= 15 is 0 Å². The maximum Gasteiger partial charge on any atom is 0.338 e. The van der Waals surface area contributed by atoms with Crippen LogP contribution in [0.15, 0.2) is 24.3 Å². The van der Waals surface area contributed by atoms with Crippen molar-refractivity contribution in [3.8, 4) is 0 Å². The van der Waals surface area contributed by atoms with Gasteiger partial charge in [0.25, 0.3) is 0 Å². The van der Waals surface area contributed by atoms with Crippen molar-refractivity contribution in [2.75, 3.05) is 18.5 Å². The number of carbonyl (C=O) groups excluding carboxylic acids is 3. The largest absolute Gasteiger partial charge is 0.462 e. The minimum atomic E-state index is -0.434. The number of halogens is 1. The second-order valence-corrected chi connectivity index (χ2v) is 7.53. The summed E-state index contributed by atoms with van der Waals surface area (Å²) in [5.74, 6) is -0.829. The zero-order valence-corrected chi connectivity index (χ0v) is 16.6. The summed E-state index contributed by atoms with van der Waals surface area (Å²) >= 11 is 3.36. The Morgan fingerprint density at radius 2 is 1.92 bits per heavy atom. The van der Waals surface area contributed by atoms with E-state index in [0.29, 0.717) is 11.3 Å². The first-order valence-electron chi connectivity index (χ1n) is 8.14. The molecule has 25 heavy (non-hydrogen) atoms. The Bertz CT molecular complexity index is 626. The number of benzene rings is 1. The summed E-state index contributed by atoms with van der Waals surface area (Å²) < 4.78 is 4.93. The van der Waals surface area contributed by atoms with E-state index in [1.807, 2.05) is 20.8 Å². The number of hydrogen-bond acceptors (Lipinski definition) is 4. The van der Waals surface area contributed by atoms with Crippen molar-refractivity contribution in [2.45, 2.75) is 38.9 Å². The van der Waals surface area contributed by atoms with Gasteiger partial charge in [-0.05, 0) is 30.5 Å². The van der Waals surface area contributed by atoms with Crippen molar-refractivity contribution in [1.29, 1.82) is 0 Å². The van der Waals surface area contributed by atoms with Crippen LogP contribution >= 0.6 is 15.9 Å². The maximum absolute atomic E-state index is 12.0. The molecule has 0 aliphatic rings. The fraction of sp³-hybridized carbons (Fsp3) is 0.500. The van der Waals surface area contributed by atoms with Crippen molar-refractivity contribution < 1.29 is 19.1 Å². The van der Waals surface area contributed by atoms with Gasteiger partial charge in [0.15, 0.2) is 0 Å². The Morgan fingerprint density at radius 1 is 1.24 bits per heavy atom. The van der Waals surface area contributed by atoms with E-state index in [-0.39, 0.29) is 41.6 Å². The normalized spacial score (nSPS) is 12.2. The Balaban J connectivity index is 2.49. The number of ether oxygens (including phenoxy) is 1. The van der Waals surface area contributed by atoms with Crippen LogP contribution in [0, 0.1) is 5.41 Å². The number of nitrogens with one attached hydrogen (secondary N) is 2. The molecule has 0 unspecified atom stereocenters. The molecule has 1 aromatic rings. The Labute approximate surface area is 156 Å². The molecule has 0 spiro atoms. The number of rotatable bonds is 7. The molecule has 7 heteroatoms. The number of anilines is 1. The summed E-state index contributed by atoms with van der Waals surface area (Å²) in [5, 5.41) is 5.43. The first-order chi connectivity index (χ1) is 11.6. The first-order valence-corrected chi connectivity index (χ1v) is 9.05. The van der Waals surface area contributed by atoms with E-state index in [0.717, 1.165) is 0 Å². The van der Waals surface area contributed by atoms with E-state index < -0.39 is 5.97 Å². The highest BCUT2D eigenvalue weighted by Crippen LogP contribution is 2.25. The van der Waals surface area contributed by atoms with Gasteiger partial charge in [0.1, 0.15) is 0 Å². The highest BCUT2D eigenvalue weighted by atomic mass is 79.9. The fourth-order valence-electron chi connectivity index (χ4n) is 1.94. The lowest BCUT2D eigenvalue weighted by atomic mass is 9.92. The summed E-state index contributed by atoms with van der Waals surface area (Å²) in [6.45, 7) is 8.12. The van der Waals surface area contributed by atoms with Crippen LogP contribution in [0.2, 0.25) is 0 Å². The number of amides is 2. The molecule has 0 saturated carbocycles. The predicted molar refractivity (Wildman–Crippen MR) is 101 cm³/mol. The predicted octanol–water partition coefficient (Wildman–Crippen LogP) is 3.12. The molecule has 0 heterocycles. The molecule has 6 nitrogen and oxygen atoms in total. The second-order valence-electron chi connectivity index (χ2n) is 6.62. The van der Waals surface area contributed by atoms with E-state index in [4.69, 9.17) is 4.74 Å². The zero-order valence-electron chi connectivity index (χ0n) is 15.0. The molecular weight excluding hydrogens is 388 g/mol. The van der Waals surface area contributed by atoms with Gasteiger partial charge in [-0.3, -0.25) is 9.59 Å². The van der Waals surface area contributed by atoms with Gasteiger partial charge in [0.2, 0.25) is 11.8 Å². The average Bonchev–Trinajstić information content (AvgIpc) is 2.53. The lowest BCUT2D eigenvalue weighted by Crippen LogP contribution is -2.39. The van der Waals surface area contributed by atoms with E-state index in [9.17, 15) is 14.4 Å². The number of hydrogen-bond donors (Lipinski definition) is 2. The minimum Gasteiger partial charge on any atom is -0.462 e. The van der Waals surface area contributed by atoms with Gasteiger partial charge < -0.3 is 15.4 Å². The molecule has 1 atom stereocenters. The number of alkyl halides is 1. The Hall–Kier alpha value is -1.89. The molecule has 0 bridgehead atoms. The summed E-state index contributed by atoms with van der Waals surface area (Å²) in [6, 6.07) is 6.54. The molecule has 2 amide bonds. The van der Waals surface area contributed by atoms with Crippen LogP contribution in [0.25, 0.3) is 0 Å². The van der Waals surface area contributed by atoms with Crippen molar-refractivity contribution >= 4 is 39.4 Å². The molecule has 0 aromatic heterocycles. The van der Waals surface area contributed by atoms with Gasteiger partial charge in [-0.1, -0.05) is 42.8 Å². The molecule has 138 valence electrons. The molecule has 0 aliphatic heterocycles. The smallest absolute Gasteiger partial charge is 0.338 e. The molecule has 2 N–H and O–H groups in total. The van der Waals surface area contributed by atoms with Crippen LogP contribution in [0.3, 0.4) is 0 Å². The number of carbonyl (C=O) groups is 3. The lowest BCUT2D eigenvalue weighted by molar-refractivity contribution is -0.122. The highest BCUT2D eigenvalue weighted by Gasteiger charge is 2.28. The third-order valence-electron chi connectivity index (χ3n) is 3.30. The monoisotopic (exact) mass is 412 g/mol. The van der Waals surface area contributed by atoms with Crippen LogP contribution in [0.1, 0.15) is 44.5 Å². The van der Waals surface area contributed by atoms with Crippen LogP contribution in [-0.4, -0.2) is 35.8 Å². The molecule has 1 rings (SSSR count). The minimum absolute atomic E-state index is 0.138. The van der Waals surface area contributed by atoms with Crippen molar-refractivity contribution in [3.05, 3.63) is 29.8 Å². The molecule has 0 saturated heterocycles. The topological polar surface area (TPSA) is 84.5 Å². The van der Waals surface area contributed by atoms with Crippen molar-refractivity contribution in [1.82, 2.24) is 5.32 Å². The third-order valence-corrected chi connectivity index (χ3v) is 5.09. The van der Waals surface area contributed by atoms with Gasteiger partial charge >= 0.3 is 5.97 Å². The molecule has 0 fully saturated rings. The summed E-state index contributed by atoms with van der Waals surface area (Å²) in [5.41, 5.74) is 0.676. The third kappa shape index (κ3) is 7.25. The average molecular weight is 413 g/mol. The zero-order chi connectivity index (χ0) is 19.0. The Morgan fingerprint density at radius 3 is 2.52 bits per heavy atom. The van der Waals surface area contributed by atoms with Gasteiger partial charge in [0, 0.05) is 18.7 Å². The van der Waals surface area contributed by atoms with Gasteiger partial charge in [0.05, 0.1) is 17.0 Å². The standard InChI is InChI=1S/C18H25BrN2O4/c1-5-25-17(24)12-7-6-8-13(11-12)21-14(22)9-10-20-16(23)15(19)18(2,3)4/h6-8,11,15H,5,9-10H2,1-4H3,(H,20,23)(H,21,22)/t15-/m1/s1. The van der Waals surface area contributed by atoms with E-state index in [1.54, 1.807) is 31.2 Å². The maximum atomic E-state index is 12.0. The lowest BCUT2D eigenvalue weighted by Gasteiger charge is -2.24. The van der Waals surface area contributed by atoms with E-state index in [1.165, 1.54) is 0 Å². The first kappa shape index (κ1) is 21.2. The summed E-state index contributed by atoms with van der Waals surface area (Å²) in [6.07, 6.45) is 0.138. The van der Waals surface area contributed by atoms with Crippen molar-refractivity contribution in [3.63, 3.8) is 0 Å². The van der Waals surface area contributed by atoms with Gasteiger partial charge in [-0.2, -0.15) is 0 Å².